The highest BCUT2D eigenvalue weighted by Gasteiger charge is 2.32. The zero-order valence-corrected chi connectivity index (χ0v) is 18.9. The van der Waals surface area contributed by atoms with Crippen molar-refractivity contribution in [1.82, 2.24) is 13.9 Å². The fourth-order valence-corrected chi connectivity index (χ4v) is 5.13. The Morgan fingerprint density at radius 3 is 2.59 bits per heavy atom. The van der Waals surface area contributed by atoms with Crippen molar-refractivity contribution in [3.05, 3.63) is 56.8 Å². The van der Waals surface area contributed by atoms with Gasteiger partial charge in [-0.3, -0.25) is 9.52 Å². The minimum atomic E-state index is -4.18. The lowest BCUT2D eigenvalue weighted by molar-refractivity contribution is 0.343. The maximum atomic E-state index is 15.2. The van der Waals surface area contributed by atoms with Crippen LogP contribution in [-0.4, -0.2) is 41.5 Å². The van der Waals surface area contributed by atoms with Crippen LogP contribution in [-0.2, 0) is 17.3 Å². The van der Waals surface area contributed by atoms with Crippen LogP contribution >= 0.6 is 23.2 Å². The summed E-state index contributed by atoms with van der Waals surface area (Å²) in [5.74, 6) is -0.954. The van der Waals surface area contributed by atoms with Crippen LogP contribution in [0.3, 0.4) is 0 Å². The van der Waals surface area contributed by atoms with Crippen molar-refractivity contribution < 1.29 is 17.2 Å². The van der Waals surface area contributed by atoms with Crippen LogP contribution in [0.15, 0.2) is 35.4 Å². The van der Waals surface area contributed by atoms with Crippen molar-refractivity contribution >= 4 is 61.4 Å². The molecule has 0 bridgehead atoms. The number of aromatic nitrogens is 2. The zero-order chi connectivity index (χ0) is 23.2. The summed E-state index contributed by atoms with van der Waals surface area (Å²) in [5.41, 5.74) is -0.432. The van der Waals surface area contributed by atoms with Gasteiger partial charge in [-0.1, -0.05) is 23.2 Å². The first-order valence-corrected chi connectivity index (χ1v) is 11.6. The topological polar surface area (TPSA) is 96.3 Å². The lowest BCUT2D eigenvalue weighted by Crippen LogP contribution is -2.34. The summed E-state index contributed by atoms with van der Waals surface area (Å²) in [7, 11) is -2.66. The van der Waals surface area contributed by atoms with Crippen LogP contribution in [0.4, 0.5) is 25.8 Å². The number of aryl methyl sites for hydroxylation is 1. The highest BCUT2D eigenvalue weighted by molar-refractivity contribution is 7.90. The first kappa shape index (κ1) is 22.7. The molecule has 3 aromatic rings. The minimum Gasteiger partial charge on any atom is -0.352 e. The van der Waals surface area contributed by atoms with Crippen LogP contribution in [0.25, 0.3) is 10.9 Å². The SMILES string of the molecule is Cn1cnc2ccc(Nc3cc(Cl)cc(NS(=O)(=O)N4CCC(F)C4)c3F)c(Cl)c2c1=O. The number of hydrogen-bond acceptors (Lipinski definition) is 5. The summed E-state index contributed by atoms with van der Waals surface area (Å²) in [6.07, 6.45) is 0.153. The molecule has 1 aliphatic rings. The quantitative estimate of drug-likeness (QED) is 0.551. The van der Waals surface area contributed by atoms with Crippen molar-refractivity contribution in [2.24, 2.45) is 7.05 Å². The Kier molecular flexibility index (Phi) is 6.01. The number of hydrogen-bond donors (Lipinski definition) is 2. The van der Waals surface area contributed by atoms with E-state index in [4.69, 9.17) is 23.2 Å². The van der Waals surface area contributed by atoms with Crippen LogP contribution in [0, 0.1) is 5.82 Å². The van der Waals surface area contributed by atoms with Gasteiger partial charge in [0.1, 0.15) is 6.17 Å². The number of fused-ring (bicyclic) bond motifs is 1. The fourth-order valence-electron chi connectivity index (χ4n) is 3.36. The van der Waals surface area contributed by atoms with Crippen LogP contribution in [0.2, 0.25) is 10.0 Å². The van der Waals surface area contributed by atoms with E-state index < -0.39 is 27.9 Å². The molecule has 0 amide bonds. The molecule has 4 rings (SSSR count). The molecule has 1 atom stereocenters. The minimum absolute atomic E-state index is 0.0144. The van der Waals surface area contributed by atoms with Gasteiger partial charge in [0.2, 0.25) is 0 Å². The predicted molar refractivity (Wildman–Crippen MR) is 120 cm³/mol. The molecule has 170 valence electrons. The van der Waals surface area contributed by atoms with E-state index in [-0.39, 0.29) is 51.9 Å². The zero-order valence-electron chi connectivity index (χ0n) is 16.6. The lowest BCUT2D eigenvalue weighted by atomic mass is 10.2. The van der Waals surface area contributed by atoms with Crippen molar-refractivity contribution in [2.75, 3.05) is 23.1 Å². The van der Waals surface area contributed by atoms with Crippen molar-refractivity contribution in [3.63, 3.8) is 0 Å². The molecule has 2 heterocycles. The molecule has 1 saturated heterocycles. The van der Waals surface area contributed by atoms with Crippen LogP contribution < -0.4 is 15.6 Å². The van der Waals surface area contributed by atoms with Gasteiger partial charge in [0.05, 0.1) is 39.3 Å². The Morgan fingerprint density at radius 2 is 1.91 bits per heavy atom. The summed E-state index contributed by atoms with van der Waals surface area (Å²) in [5, 5.41) is 2.94. The molecule has 0 saturated carbocycles. The van der Waals surface area contributed by atoms with Gasteiger partial charge in [0.25, 0.3) is 5.56 Å². The van der Waals surface area contributed by atoms with Gasteiger partial charge >= 0.3 is 10.2 Å². The van der Waals surface area contributed by atoms with Gasteiger partial charge in [-0.15, -0.1) is 0 Å². The van der Waals surface area contributed by atoms with E-state index in [2.05, 4.69) is 15.0 Å². The molecule has 13 heteroatoms. The maximum Gasteiger partial charge on any atom is 0.301 e. The summed E-state index contributed by atoms with van der Waals surface area (Å²) < 4.78 is 57.8. The van der Waals surface area contributed by atoms with E-state index in [9.17, 15) is 17.6 Å². The molecular formula is C19H17Cl2F2N5O3S. The number of benzene rings is 2. The van der Waals surface area contributed by atoms with Gasteiger partial charge in [0, 0.05) is 25.2 Å². The lowest BCUT2D eigenvalue weighted by Gasteiger charge is -2.19. The average Bonchev–Trinajstić information content (AvgIpc) is 3.17. The maximum absolute atomic E-state index is 15.2. The number of rotatable bonds is 5. The second-order valence-corrected chi connectivity index (χ2v) is 9.76. The Hall–Kier alpha value is -2.47. The normalized spacial score (nSPS) is 17.1. The third-order valence-corrected chi connectivity index (χ3v) is 7.10. The molecule has 2 aromatic carbocycles. The van der Waals surface area contributed by atoms with E-state index in [1.807, 2.05) is 0 Å². The van der Waals surface area contributed by atoms with Gasteiger partial charge in [0.15, 0.2) is 5.82 Å². The standard InChI is InChI=1S/C19H17Cl2F2N5O3S/c1-27-9-24-12-2-3-13(17(21)16(12)19(27)29)25-14-6-10(20)7-15(18(14)23)26-32(30,31)28-5-4-11(22)8-28/h2-3,6-7,9,11,25-26H,4-5,8H2,1H3. The van der Waals surface area contributed by atoms with Gasteiger partial charge in [-0.05, 0) is 30.7 Å². The summed E-state index contributed by atoms with van der Waals surface area (Å²) in [4.78, 5) is 16.6. The first-order chi connectivity index (χ1) is 15.1. The van der Waals surface area contributed by atoms with Gasteiger partial charge in [-0.2, -0.15) is 12.7 Å². The third kappa shape index (κ3) is 4.25. The van der Waals surface area contributed by atoms with Crippen molar-refractivity contribution in [1.29, 1.82) is 0 Å². The molecule has 2 N–H and O–H groups in total. The number of alkyl halides is 1. The number of halogens is 4. The molecule has 1 fully saturated rings. The Bertz CT molecular complexity index is 1380. The molecule has 1 aliphatic heterocycles. The van der Waals surface area contributed by atoms with E-state index in [0.717, 1.165) is 10.4 Å². The van der Waals surface area contributed by atoms with E-state index in [0.29, 0.717) is 5.52 Å². The molecule has 8 nitrogen and oxygen atoms in total. The second-order valence-electron chi connectivity index (χ2n) is 7.27. The highest BCUT2D eigenvalue weighted by Crippen LogP contribution is 2.35. The second kappa shape index (κ2) is 8.47. The van der Waals surface area contributed by atoms with Crippen molar-refractivity contribution in [3.8, 4) is 0 Å². The van der Waals surface area contributed by atoms with Gasteiger partial charge in [-0.25, -0.2) is 13.8 Å². The predicted octanol–water partition coefficient (Wildman–Crippen LogP) is 3.82. The first-order valence-electron chi connectivity index (χ1n) is 9.38. The molecule has 1 aromatic heterocycles. The molecule has 0 spiro atoms. The Labute approximate surface area is 191 Å². The van der Waals surface area contributed by atoms with E-state index >= 15 is 4.39 Å². The molecule has 32 heavy (non-hydrogen) atoms. The molecule has 0 aliphatic carbocycles. The van der Waals surface area contributed by atoms with Crippen LogP contribution in [0.1, 0.15) is 6.42 Å². The number of anilines is 3. The van der Waals surface area contributed by atoms with Crippen LogP contribution in [0.5, 0.6) is 0 Å². The summed E-state index contributed by atoms with van der Waals surface area (Å²) in [6.45, 7) is -0.322. The molecule has 1 unspecified atom stereocenters. The molecule has 0 radical (unpaired) electrons. The number of nitrogens with one attached hydrogen (secondary N) is 2. The van der Waals surface area contributed by atoms with Gasteiger partial charge < -0.3 is 9.88 Å². The third-order valence-electron chi connectivity index (χ3n) is 5.00. The summed E-state index contributed by atoms with van der Waals surface area (Å²) in [6, 6.07) is 5.39. The largest absolute Gasteiger partial charge is 0.352 e. The Morgan fingerprint density at radius 1 is 1.19 bits per heavy atom. The van der Waals surface area contributed by atoms with E-state index in [1.54, 1.807) is 0 Å². The highest BCUT2D eigenvalue weighted by atomic mass is 35.5. The average molecular weight is 504 g/mol. The Balaban J connectivity index is 1.70. The summed E-state index contributed by atoms with van der Waals surface area (Å²) >= 11 is 12.5. The smallest absolute Gasteiger partial charge is 0.301 e. The molecular weight excluding hydrogens is 487 g/mol. The fraction of sp³-hybridized carbons (Fsp3) is 0.263. The van der Waals surface area contributed by atoms with Crippen molar-refractivity contribution in [2.45, 2.75) is 12.6 Å². The number of nitrogens with zero attached hydrogens (tertiary/aromatic N) is 3. The van der Waals surface area contributed by atoms with E-state index in [1.165, 1.54) is 36.1 Å². The monoisotopic (exact) mass is 503 g/mol.